The van der Waals surface area contributed by atoms with Gasteiger partial charge in [0.1, 0.15) is 8.07 Å². The minimum Gasteiger partial charge on any atom is -0.0903 e. The summed E-state index contributed by atoms with van der Waals surface area (Å²) in [5, 5.41) is 3.13. The van der Waals surface area contributed by atoms with Gasteiger partial charge in [0.25, 0.3) is 0 Å². The smallest absolute Gasteiger partial charge is 0.0903 e. The highest BCUT2D eigenvalue weighted by Crippen LogP contribution is 2.33. The Morgan fingerprint density at radius 1 is 0.941 bits per heavy atom. The van der Waals surface area contributed by atoms with Crippen molar-refractivity contribution >= 4 is 46.1 Å². The largest absolute Gasteiger partial charge is 0.115 e. The molecule has 0 radical (unpaired) electrons. The molecule has 17 heavy (non-hydrogen) atoms. The van der Waals surface area contributed by atoms with Crippen LogP contribution in [0.3, 0.4) is 0 Å². The quantitative estimate of drug-likeness (QED) is 0.666. The molecule has 0 aliphatic carbocycles. The van der Waals surface area contributed by atoms with Crippen LogP contribution in [0.4, 0.5) is 0 Å². The number of hydrogen-bond donors (Lipinski definition) is 0. The first-order valence-electron chi connectivity index (χ1n) is 5.66. The topological polar surface area (TPSA) is 0 Å². The van der Waals surface area contributed by atoms with Gasteiger partial charge in [0, 0.05) is 14.3 Å². The Kier molecular flexibility index (Phi) is 2.73. The standard InChI is InChI=1S/C14H13BrSSi/c1-17(2)13-6-4-3-5-11(13)16-12-9-10(15)7-8-14(12)17/h3-9H,1-2H3. The van der Waals surface area contributed by atoms with Gasteiger partial charge in [0.2, 0.25) is 0 Å². The van der Waals surface area contributed by atoms with Crippen LogP contribution < -0.4 is 10.4 Å². The molecule has 3 rings (SSSR count). The van der Waals surface area contributed by atoms with Gasteiger partial charge in [-0.05, 0) is 28.6 Å². The molecule has 0 amide bonds. The molecule has 3 heteroatoms. The zero-order valence-electron chi connectivity index (χ0n) is 9.83. The number of fused-ring (bicyclic) bond motifs is 2. The highest BCUT2D eigenvalue weighted by atomic mass is 79.9. The molecular formula is C14H13BrSSi. The molecule has 0 saturated heterocycles. The molecule has 0 aromatic heterocycles. The van der Waals surface area contributed by atoms with E-state index in [0.717, 1.165) is 0 Å². The lowest BCUT2D eigenvalue weighted by Gasteiger charge is -2.32. The van der Waals surface area contributed by atoms with Crippen LogP contribution in [0.15, 0.2) is 56.7 Å². The lowest BCUT2D eigenvalue weighted by atomic mass is 10.3. The molecule has 0 spiro atoms. The third-order valence-corrected chi connectivity index (χ3v) is 8.95. The Hall–Kier alpha value is -0.513. The third kappa shape index (κ3) is 1.81. The van der Waals surface area contributed by atoms with Gasteiger partial charge >= 0.3 is 0 Å². The zero-order chi connectivity index (χ0) is 12.0. The van der Waals surface area contributed by atoms with Gasteiger partial charge in [-0.3, -0.25) is 0 Å². The molecular weight excluding hydrogens is 308 g/mol. The van der Waals surface area contributed by atoms with Crippen molar-refractivity contribution in [1.82, 2.24) is 0 Å². The summed E-state index contributed by atoms with van der Waals surface area (Å²) >= 11 is 5.47. The van der Waals surface area contributed by atoms with E-state index in [9.17, 15) is 0 Å². The molecule has 0 atom stereocenters. The molecule has 0 fully saturated rings. The van der Waals surface area contributed by atoms with Crippen LogP contribution in [0, 0.1) is 0 Å². The fourth-order valence-electron chi connectivity index (χ4n) is 2.43. The zero-order valence-corrected chi connectivity index (χ0v) is 13.2. The van der Waals surface area contributed by atoms with Gasteiger partial charge in [0.05, 0.1) is 0 Å². The Bertz CT molecular complexity index is 593. The van der Waals surface area contributed by atoms with E-state index in [1.165, 1.54) is 14.3 Å². The highest BCUT2D eigenvalue weighted by molar-refractivity contribution is 9.10. The second kappa shape index (κ2) is 4.01. The van der Waals surface area contributed by atoms with Gasteiger partial charge in [-0.25, -0.2) is 0 Å². The molecule has 0 saturated carbocycles. The average Bonchev–Trinajstić information content (AvgIpc) is 2.28. The Morgan fingerprint density at radius 2 is 1.65 bits per heavy atom. The number of halogens is 1. The van der Waals surface area contributed by atoms with E-state index in [0.29, 0.717) is 0 Å². The van der Waals surface area contributed by atoms with Crippen molar-refractivity contribution in [3.8, 4) is 0 Å². The Balaban J connectivity index is 2.26. The summed E-state index contributed by atoms with van der Waals surface area (Å²) in [5.74, 6) is 0. The number of rotatable bonds is 0. The van der Waals surface area contributed by atoms with Gasteiger partial charge in [0.15, 0.2) is 0 Å². The third-order valence-electron chi connectivity index (χ3n) is 3.40. The van der Waals surface area contributed by atoms with E-state index in [1.807, 2.05) is 11.8 Å². The lowest BCUT2D eigenvalue weighted by Crippen LogP contribution is -2.56. The first-order chi connectivity index (χ1) is 8.09. The highest BCUT2D eigenvalue weighted by Gasteiger charge is 2.34. The van der Waals surface area contributed by atoms with Crippen LogP contribution in [0.25, 0.3) is 0 Å². The second-order valence-electron chi connectivity index (χ2n) is 4.86. The molecule has 0 unspecified atom stereocenters. The lowest BCUT2D eigenvalue weighted by molar-refractivity contribution is 1.39. The maximum Gasteiger partial charge on any atom is 0.115 e. The minimum atomic E-state index is -1.50. The van der Waals surface area contributed by atoms with E-state index >= 15 is 0 Å². The normalized spacial score (nSPS) is 16.2. The van der Waals surface area contributed by atoms with Crippen LogP contribution in [0.2, 0.25) is 13.1 Å². The fourth-order valence-corrected chi connectivity index (χ4v) is 8.40. The van der Waals surface area contributed by atoms with Crippen LogP contribution in [-0.4, -0.2) is 8.07 Å². The van der Waals surface area contributed by atoms with Crippen LogP contribution >= 0.6 is 27.7 Å². The van der Waals surface area contributed by atoms with E-state index in [1.54, 1.807) is 10.4 Å². The maximum atomic E-state index is 3.57. The van der Waals surface area contributed by atoms with Gasteiger partial charge in [-0.2, -0.15) is 0 Å². The van der Waals surface area contributed by atoms with Crippen molar-refractivity contribution in [2.24, 2.45) is 0 Å². The van der Waals surface area contributed by atoms with Crippen molar-refractivity contribution < 1.29 is 0 Å². The molecule has 1 heterocycles. The predicted molar refractivity (Wildman–Crippen MR) is 81.5 cm³/mol. The van der Waals surface area contributed by atoms with Gasteiger partial charge < -0.3 is 0 Å². The first-order valence-corrected chi connectivity index (χ1v) is 10.3. The molecule has 1 aliphatic rings. The molecule has 0 bridgehead atoms. The van der Waals surface area contributed by atoms with E-state index < -0.39 is 8.07 Å². The van der Waals surface area contributed by atoms with E-state index in [-0.39, 0.29) is 0 Å². The van der Waals surface area contributed by atoms with Crippen molar-refractivity contribution in [2.75, 3.05) is 0 Å². The minimum absolute atomic E-state index is 1.17. The van der Waals surface area contributed by atoms with Crippen LogP contribution in [0.1, 0.15) is 0 Å². The summed E-state index contributed by atoms with van der Waals surface area (Å²) in [5.41, 5.74) is 0. The van der Waals surface area contributed by atoms with Gasteiger partial charge in [-0.1, -0.05) is 65.1 Å². The molecule has 0 nitrogen and oxygen atoms in total. The fraction of sp³-hybridized carbons (Fsp3) is 0.143. The summed E-state index contributed by atoms with van der Waals surface area (Å²) in [4.78, 5) is 2.87. The second-order valence-corrected chi connectivity index (χ2v) is 11.2. The summed E-state index contributed by atoms with van der Waals surface area (Å²) < 4.78 is 1.17. The SMILES string of the molecule is C[Si]1(C)c2ccccc2Sc2cc(Br)ccc21. The van der Waals surface area contributed by atoms with Crippen molar-refractivity contribution in [3.63, 3.8) is 0 Å². The summed E-state index contributed by atoms with van der Waals surface area (Å²) in [6.45, 7) is 4.89. The predicted octanol–water partition coefficient (Wildman–Crippen LogP) is 3.74. The summed E-state index contributed by atoms with van der Waals surface area (Å²) in [7, 11) is -1.50. The maximum absolute atomic E-state index is 3.57. The van der Waals surface area contributed by atoms with Crippen LogP contribution in [0.5, 0.6) is 0 Å². The Labute approximate surface area is 116 Å². The molecule has 0 N–H and O–H groups in total. The number of benzene rings is 2. The van der Waals surface area contributed by atoms with Gasteiger partial charge in [-0.15, -0.1) is 0 Å². The van der Waals surface area contributed by atoms with E-state index in [2.05, 4.69) is 71.5 Å². The Morgan fingerprint density at radius 3 is 2.47 bits per heavy atom. The van der Waals surface area contributed by atoms with Crippen molar-refractivity contribution in [3.05, 3.63) is 46.9 Å². The summed E-state index contributed by atoms with van der Waals surface area (Å²) in [6.07, 6.45) is 0. The number of hydrogen-bond acceptors (Lipinski definition) is 1. The average molecular weight is 321 g/mol. The van der Waals surface area contributed by atoms with Crippen molar-refractivity contribution in [2.45, 2.75) is 22.9 Å². The molecule has 2 aromatic carbocycles. The molecule has 86 valence electrons. The molecule has 2 aromatic rings. The van der Waals surface area contributed by atoms with Crippen molar-refractivity contribution in [1.29, 1.82) is 0 Å². The monoisotopic (exact) mass is 320 g/mol. The first kappa shape index (κ1) is 11.6. The molecule has 1 aliphatic heterocycles. The van der Waals surface area contributed by atoms with E-state index in [4.69, 9.17) is 0 Å². The van der Waals surface area contributed by atoms with Crippen LogP contribution in [-0.2, 0) is 0 Å². The summed E-state index contributed by atoms with van der Waals surface area (Å²) in [6, 6.07) is 15.6.